The molecular formula is C18H18ClN3O3. The first-order valence-corrected chi connectivity index (χ1v) is 8.19. The van der Waals surface area contributed by atoms with Gasteiger partial charge in [-0.05, 0) is 42.0 Å². The highest BCUT2D eigenvalue weighted by Gasteiger charge is 2.34. The lowest BCUT2D eigenvalue weighted by atomic mass is 10.2. The number of nitrogens with one attached hydrogen (secondary N) is 2. The summed E-state index contributed by atoms with van der Waals surface area (Å²) in [5.41, 5.74) is 1.61. The number of ether oxygens (including phenoxy) is 1. The maximum atomic E-state index is 12.3. The summed E-state index contributed by atoms with van der Waals surface area (Å²) in [5.74, 6) is 0.475. The fourth-order valence-electron chi connectivity index (χ4n) is 2.63. The van der Waals surface area contributed by atoms with Gasteiger partial charge in [-0.1, -0.05) is 23.7 Å². The van der Waals surface area contributed by atoms with Gasteiger partial charge in [0, 0.05) is 17.3 Å². The minimum absolute atomic E-state index is 0.232. The molecule has 0 bridgehead atoms. The van der Waals surface area contributed by atoms with Gasteiger partial charge in [0.05, 0.1) is 13.7 Å². The lowest BCUT2D eigenvalue weighted by Crippen LogP contribution is -2.42. The van der Waals surface area contributed by atoms with Crippen molar-refractivity contribution >= 4 is 29.2 Å². The molecule has 0 aromatic heterocycles. The quantitative estimate of drug-likeness (QED) is 0.862. The number of rotatable bonds is 5. The summed E-state index contributed by atoms with van der Waals surface area (Å²) < 4.78 is 5.11. The second-order valence-electron chi connectivity index (χ2n) is 5.66. The Morgan fingerprint density at radius 2 is 2.08 bits per heavy atom. The van der Waals surface area contributed by atoms with Crippen molar-refractivity contribution in [2.45, 2.75) is 12.6 Å². The van der Waals surface area contributed by atoms with Crippen LogP contribution < -0.4 is 20.3 Å². The number of halogens is 1. The molecule has 130 valence electrons. The van der Waals surface area contributed by atoms with Crippen molar-refractivity contribution in [3.8, 4) is 5.75 Å². The maximum Gasteiger partial charge on any atom is 0.322 e. The van der Waals surface area contributed by atoms with Crippen LogP contribution in [0.5, 0.6) is 5.75 Å². The average Bonchev–Trinajstić information content (AvgIpc) is 3.02. The highest BCUT2D eigenvalue weighted by Crippen LogP contribution is 2.22. The lowest BCUT2D eigenvalue weighted by molar-refractivity contribution is -0.122. The van der Waals surface area contributed by atoms with E-state index in [1.54, 1.807) is 43.5 Å². The molecule has 0 radical (unpaired) electrons. The predicted molar refractivity (Wildman–Crippen MR) is 96.0 cm³/mol. The lowest BCUT2D eigenvalue weighted by Gasteiger charge is -2.15. The number of methoxy groups -OCH3 is 1. The molecule has 0 spiro atoms. The summed E-state index contributed by atoms with van der Waals surface area (Å²) >= 11 is 5.93. The molecular weight excluding hydrogens is 342 g/mol. The number of amides is 3. The van der Waals surface area contributed by atoms with Crippen LogP contribution in [0.3, 0.4) is 0 Å². The third kappa shape index (κ3) is 4.03. The molecule has 2 aromatic carbocycles. The van der Waals surface area contributed by atoms with Gasteiger partial charge in [-0.25, -0.2) is 4.79 Å². The van der Waals surface area contributed by atoms with Gasteiger partial charge in [0.2, 0.25) is 5.91 Å². The molecule has 1 saturated heterocycles. The molecule has 7 heteroatoms. The summed E-state index contributed by atoms with van der Waals surface area (Å²) in [6, 6.07) is 13.5. The minimum Gasteiger partial charge on any atom is -0.497 e. The van der Waals surface area contributed by atoms with E-state index in [9.17, 15) is 9.59 Å². The highest BCUT2D eigenvalue weighted by atomic mass is 35.5. The fourth-order valence-corrected chi connectivity index (χ4v) is 2.84. The third-order valence-electron chi connectivity index (χ3n) is 3.96. The summed E-state index contributed by atoms with van der Waals surface area (Å²) in [6.45, 7) is 0.626. The molecule has 1 unspecified atom stereocenters. The van der Waals surface area contributed by atoms with Crippen LogP contribution in [0.2, 0.25) is 5.02 Å². The number of anilines is 1. The molecule has 6 nitrogen and oxygen atoms in total. The van der Waals surface area contributed by atoms with Crippen molar-refractivity contribution in [2.75, 3.05) is 18.6 Å². The van der Waals surface area contributed by atoms with Gasteiger partial charge >= 0.3 is 6.03 Å². The molecule has 0 aliphatic carbocycles. The van der Waals surface area contributed by atoms with Gasteiger partial charge < -0.3 is 15.4 Å². The molecule has 1 aliphatic heterocycles. The maximum absolute atomic E-state index is 12.3. The SMILES string of the molecule is COc1ccc(N2CC(C(=O)NCc3cccc(Cl)c3)NC2=O)cc1. The Morgan fingerprint density at radius 3 is 2.76 bits per heavy atom. The molecule has 1 atom stereocenters. The van der Waals surface area contributed by atoms with Crippen LogP contribution in [0.4, 0.5) is 10.5 Å². The summed E-state index contributed by atoms with van der Waals surface area (Å²) in [6.07, 6.45) is 0. The molecule has 1 heterocycles. The molecule has 3 amide bonds. The van der Waals surface area contributed by atoms with Crippen LogP contribution in [0.25, 0.3) is 0 Å². The van der Waals surface area contributed by atoms with Crippen LogP contribution in [-0.2, 0) is 11.3 Å². The average molecular weight is 360 g/mol. The van der Waals surface area contributed by atoms with E-state index < -0.39 is 6.04 Å². The number of carbonyl (C=O) groups is 2. The van der Waals surface area contributed by atoms with Gasteiger partial charge in [-0.2, -0.15) is 0 Å². The Balaban J connectivity index is 1.60. The van der Waals surface area contributed by atoms with Gasteiger partial charge in [0.1, 0.15) is 11.8 Å². The minimum atomic E-state index is -0.603. The topological polar surface area (TPSA) is 70.7 Å². The van der Waals surface area contributed by atoms with Crippen LogP contribution in [0, 0.1) is 0 Å². The molecule has 2 aromatic rings. The third-order valence-corrected chi connectivity index (χ3v) is 4.20. The first-order chi connectivity index (χ1) is 12.1. The number of hydrogen-bond acceptors (Lipinski definition) is 3. The normalized spacial score (nSPS) is 16.5. The van der Waals surface area contributed by atoms with E-state index in [1.807, 2.05) is 12.1 Å². The highest BCUT2D eigenvalue weighted by molar-refractivity contribution is 6.30. The van der Waals surface area contributed by atoms with E-state index in [0.29, 0.717) is 23.0 Å². The van der Waals surface area contributed by atoms with Crippen molar-refractivity contribution in [1.29, 1.82) is 0 Å². The zero-order valence-electron chi connectivity index (χ0n) is 13.7. The van der Waals surface area contributed by atoms with Gasteiger partial charge in [-0.3, -0.25) is 9.69 Å². The number of nitrogens with zero attached hydrogens (tertiary/aromatic N) is 1. The first-order valence-electron chi connectivity index (χ1n) is 7.81. The smallest absolute Gasteiger partial charge is 0.322 e. The Bertz CT molecular complexity index is 779. The van der Waals surface area contributed by atoms with Gasteiger partial charge in [0.25, 0.3) is 0 Å². The monoisotopic (exact) mass is 359 g/mol. The van der Waals surface area contributed by atoms with Crippen molar-refractivity contribution in [1.82, 2.24) is 10.6 Å². The van der Waals surface area contributed by atoms with Crippen LogP contribution in [0.15, 0.2) is 48.5 Å². The Morgan fingerprint density at radius 1 is 1.32 bits per heavy atom. The Hall–Kier alpha value is -2.73. The van der Waals surface area contributed by atoms with Crippen molar-refractivity contribution < 1.29 is 14.3 Å². The fraction of sp³-hybridized carbons (Fsp3) is 0.222. The van der Waals surface area contributed by atoms with Crippen LogP contribution in [0.1, 0.15) is 5.56 Å². The van der Waals surface area contributed by atoms with E-state index in [2.05, 4.69) is 10.6 Å². The molecule has 25 heavy (non-hydrogen) atoms. The summed E-state index contributed by atoms with van der Waals surface area (Å²) in [7, 11) is 1.58. The summed E-state index contributed by atoms with van der Waals surface area (Å²) in [4.78, 5) is 26.0. The number of carbonyl (C=O) groups excluding carboxylic acids is 2. The van der Waals surface area contributed by atoms with Crippen molar-refractivity contribution in [3.05, 3.63) is 59.1 Å². The second kappa shape index (κ2) is 7.44. The molecule has 0 saturated carbocycles. The van der Waals surface area contributed by atoms with Crippen LogP contribution in [-0.4, -0.2) is 31.6 Å². The van der Waals surface area contributed by atoms with Gasteiger partial charge in [0.15, 0.2) is 0 Å². The van der Waals surface area contributed by atoms with Gasteiger partial charge in [-0.15, -0.1) is 0 Å². The second-order valence-corrected chi connectivity index (χ2v) is 6.09. The molecule has 1 fully saturated rings. The van der Waals surface area contributed by atoms with E-state index in [0.717, 1.165) is 5.56 Å². The zero-order chi connectivity index (χ0) is 17.8. The molecule has 2 N–H and O–H groups in total. The Kier molecular flexibility index (Phi) is 5.09. The first kappa shape index (κ1) is 17.1. The van der Waals surface area contributed by atoms with E-state index in [-0.39, 0.29) is 18.5 Å². The zero-order valence-corrected chi connectivity index (χ0v) is 14.4. The number of hydrogen-bond donors (Lipinski definition) is 2. The summed E-state index contributed by atoms with van der Waals surface area (Å²) in [5, 5.41) is 6.13. The van der Waals surface area contributed by atoms with E-state index in [1.165, 1.54) is 4.90 Å². The predicted octanol–water partition coefficient (Wildman–Crippen LogP) is 2.56. The largest absolute Gasteiger partial charge is 0.497 e. The van der Waals surface area contributed by atoms with E-state index >= 15 is 0 Å². The van der Waals surface area contributed by atoms with Crippen LogP contribution >= 0.6 is 11.6 Å². The van der Waals surface area contributed by atoms with Crippen molar-refractivity contribution in [3.63, 3.8) is 0 Å². The molecule has 1 aliphatic rings. The Labute approximate surface area is 150 Å². The van der Waals surface area contributed by atoms with E-state index in [4.69, 9.17) is 16.3 Å². The number of benzene rings is 2. The van der Waals surface area contributed by atoms with Crippen molar-refractivity contribution in [2.24, 2.45) is 0 Å². The molecule has 3 rings (SSSR count). The number of urea groups is 1. The standard InChI is InChI=1S/C18H18ClN3O3/c1-25-15-7-5-14(6-8-15)22-11-16(21-18(22)24)17(23)20-10-12-3-2-4-13(19)9-12/h2-9,16H,10-11H2,1H3,(H,20,23)(H,21,24).